The van der Waals surface area contributed by atoms with Gasteiger partial charge < -0.3 is 0 Å². The molecule has 1 heterocycles. The van der Waals surface area contributed by atoms with Crippen molar-refractivity contribution in [2.75, 3.05) is 0 Å². The van der Waals surface area contributed by atoms with E-state index in [2.05, 4.69) is 5.48 Å². The number of benzene rings is 2. The highest BCUT2D eigenvalue weighted by atomic mass is 32.1. The van der Waals surface area contributed by atoms with Gasteiger partial charge in [-0.15, -0.1) is 11.3 Å². The molecule has 0 aliphatic carbocycles. The third kappa shape index (κ3) is 3.53. The number of nitrogens with zero attached hydrogens (tertiary/aromatic N) is 1. The van der Waals surface area contributed by atoms with Crippen LogP contribution in [0.1, 0.15) is 15.2 Å². The highest BCUT2D eigenvalue weighted by Crippen LogP contribution is 2.28. The Balaban J connectivity index is 1.67. The summed E-state index contributed by atoms with van der Waals surface area (Å²) in [5.74, 6) is -0.371. The standard InChI is InChI=1S/C16H12N2O4S/c19-16(17-22-10-11-4-2-1-3-5-11)15-9-12-8-13(18(20)21)6-7-14(12)23-15/h1-9H,10H2,(H,17,19). The Labute approximate surface area is 135 Å². The molecule has 1 N–H and O–H groups in total. The van der Waals surface area contributed by atoms with Gasteiger partial charge in [-0.1, -0.05) is 30.3 Å². The zero-order valence-corrected chi connectivity index (χ0v) is 12.7. The minimum atomic E-state index is -0.459. The molecule has 0 bridgehead atoms. The fourth-order valence-corrected chi connectivity index (χ4v) is 2.99. The number of fused-ring (bicyclic) bond motifs is 1. The van der Waals surface area contributed by atoms with Gasteiger partial charge in [-0.3, -0.25) is 19.7 Å². The number of nitro benzene ring substituents is 1. The molecule has 23 heavy (non-hydrogen) atoms. The topological polar surface area (TPSA) is 81.5 Å². The van der Waals surface area contributed by atoms with Gasteiger partial charge in [0, 0.05) is 22.2 Å². The molecule has 0 saturated heterocycles. The Kier molecular flexibility index (Phi) is 4.31. The number of nitrogens with one attached hydrogen (secondary N) is 1. The largest absolute Gasteiger partial charge is 0.284 e. The molecule has 7 heteroatoms. The van der Waals surface area contributed by atoms with Crippen molar-refractivity contribution in [1.29, 1.82) is 0 Å². The average Bonchev–Trinajstić information content (AvgIpc) is 2.99. The van der Waals surface area contributed by atoms with Crippen LogP contribution in [0.25, 0.3) is 10.1 Å². The fraction of sp³-hybridized carbons (Fsp3) is 0.0625. The summed E-state index contributed by atoms with van der Waals surface area (Å²) in [5.41, 5.74) is 3.33. The van der Waals surface area contributed by atoms with Crippen LogP contribution in [0.15, 0.2) is 54.6 Å². The first-order valence-electron chi connectivity index (χ1n) is 6.77. The molecule has 0 unspecified atom stereocenters. The Hall–Kier alpha value is -2.77. The molecule has 0 radical (unpaired) electrons. The number of non-ortho nitro benzene ring substituents is 1. The van der Waals surface area contributed by atoms with E-state index in [9.17, 15) is 14.9 Å². The molecule has 3 rings (SSSR count). The molecule has 6 nitrogen and oxygen atoms in total. The van der Waals surface area contributed by atoms with E-state index in [0.717, 1.165) is 10.3 Å². The summed E-state index contributed by atoms with van der Waals surface area (Å²) in [4.78, 5) is 28.0. The molecule has 0 spiro atoms. The van der Waals surface area contributed by atoms with E-state index in [1.807, 2.05) is 30.3 Å². The summed E-state index contributed by atoms with van der Waals surface area (Å²) in [6.45, 7) is 0.267. The van der Waals surface area contributed by atoms with Crippen molar-refractivity contribution in [2.24, 2.45) is 0 Å². The Bertz CT molecular complexity index is 861. The number of nitro groups is 1. The van der Waals surface area contributed by atoms with Crippen molar-refractivity contribution in [3.05, 3.63) is 75.2 Å². The van der Waals surface area contributed by atoms with Crippen LogP contribution in [0, 0.1) is 10.1 Å². The lowest BCUT2D eigenvalue weighted by molar-refractivity contribution is -0.384. The second-order valence-corrected chi connectivity index (χ2v) is 5.88. The van der Waals surface area contributed by atoms with Gasteiger partial charge >= 0.3 is 0 Å². The van der Waals surface area contributed by atoms with E-state index in [-0.39, 0.29) is 18.2 Å². The lowest BCUT2D eigenvalue weighted by Crippen LogP contribution is -2.22. The van der Waals surface area contributed by atoms with Crippen molar-refractivity contribution in [3.8, 4) is 0 Å². The smallest absolute Gasteiger partial charge is 0.269 e. The van der Waals surface area contributed by atoms with Gasteiger partial charge in [0.1, 0.15) is 0 Å². The van der Waals surface area contributed by atoms with Crippen molar-refractivity contribution in [2.45, 2.75) is 6.61 Å². The van der Waals surface area contributed by atoms with Crippen LogP contribution in [-0.4, -0.2) is 10.8 Å². The highest BCUT2D eigenvalue weighted by Gasteiger charge is 2.13. The molecule has 0 fully saturated rings. The summed E-state index contributed by atoms with van der Waals surface area (Å²) in [7, 11) is 0. The van der Waals surface area contributed by atoms with Crippen molar-refractivity contribution >= 4 is 33.0 Å². The number of carbonyl (C=O) groups is 1. The van der Waals surface area contributed by atoms with Crippen LogP contribution in [0.2, 0.25) is 0 Å². The summed E-state index contributed by atoms with van der Waals surface area (Å²) < 4.78 is 0.809. The molecule has 0 saturated carbocycles. The second-order valence-electron chi connectivity index (χ2n) is 4.80. The highest BCUT2D eigenvalue weighted by molar-refractivity contribution is 7.20. The molecule has 116 valence electrons. The quantitative estimate of drug-likeness (QED) is 0.572. The van der Waals surface area contributed by atoms with E-state index in [1.54, 1.807) is 12.1 Å². The zero-order chi connectivity index (χ0) is 16.2. The number of hydrogen-bond donors (Lipinski definition) is 1. The van der Waals surface area contributed by atoms with Gasteiger partial charge in [0.05, 0.1) is 16.4 Å². The number of carbonyl (C=O) groups excluding carboxylic acids is 1. The zero-order valence-electron chi connectivity index (χ0n) is 11.9. The van der Waals surface area contributed by atoms with Crippen LogP contribution in [0.3, 0.4) is 0 Å². The van der Waals surface area contributed by atoms with E-state index < -0.39 is 4.92 Å². The maximum atomic E-state index is 12.1. The van der Waals surface area contributed by atoms with Gasteiger partial charge in [-0.05, 0) is 17.7 Å². The Morgan fingerprint density at radius 3 is 2.70 bits per heavy atom. The summed E-state index contributed by atoms with van der Waals surface area (Å²) >= 11 is 1.26. The average molecular weight is 328 g/mol. The summed E-state index contributed by atoms with van der Waals surface area (Å²) in [6, 6.07) is 15.6. The number of rotatable bonds is 5. The third-order valence-corrected chi connectivity index (χ3v) is 4.30. The van der Waals surface area contributed by atoms with E-state index in [1.165, 1.54) is 23.5 Å². The number of thiophene rings is 1. The van der Waals surface area contributed by atoms with E-state index in [0.29, 0.717) is 10.3 Å². The maximum Gasteiger partial charge on any atom is 0.284 e. The molecular formula is C16H12N2O4S. The van der Waals surface area contributed by atoms with Gasteiger partial charge in [-0.2, -0.15) is 0 Å². The molecule has 2 aromatic carbocycles. The molecule has 1 amide bonds. The summed E-state index contributed by atoms with van der Waals surface area (Å²) in [6.07, 6.45) is 0. The van der Waals surface area contributed by atoms with Crippen LogP contribution >= 0.6 is 11.3 Å². The van der Waals surface area contributed by atoms with Gasteiger partial charge in [0.15, 0.2) is 0 Å². The first-order valence-corrected chi connectivity index (χ1v) is 7.59. The van der Waals surface area contributed by atoms with Crippen LogP contribution in [-0.2, 0) is 11.4 Å². The van der Waals surface area contributed by atoms with Gasteiger partial charge in [-0.25, -0.2) is 5.48 Å². The normalized spacial score (nSPS) is 10.6. The van der Waals surface area contributed by atoms with Crippen LogP contribution in [0.4, 0.5) is 5.69 Å². The van der Waals surface area contributed by atoms with Crippen molar-refractivity contribution in [3.63, 3.8) is 0 Å². The number of amides is 1. The minimum absolute atomic E-state index is 0.00239. The van der Waals surface area contributed by atoms with Gasteiger partial charge in [0.25, 0.3) is 11.6 Å². The van der Waals surface area contributed by atoms with Crippen LogP contribution < -0.4 is 5.48 Å². The number of hydrogen-bond acceptors (Lipinski definition) is 5. The van der Waals surface area contributed by atoms with Crippen molar-refractivity contribution in [1.82, 2.24) is 5.48 Å². The number of hydroxylamine groups is 1. The van der Waals surface area contributed by atoms with Crippen LogP contribution in [0.5, 0.6) is 0 Å². The predicted molar refractivity (Wildman–Crippen MR) is 87.2 cm³/mol. The maximum absolute atomic E-state index is 12.1. The second kappa shape index (κ2) is 6.55. The molecule has 0 aliphatic rings. The molecule has 0 aliphatic heterocycles. The molecule has 1 aromatic heterocycles. The molecule has 3 aromatic rings. The fourth-order valence-electron chi connectivity index (χ4n) is 2.07. The lowest BCUT2D eigenvalue weighted by Gasteiger charge is -2.04. The third-order valence-electron chi connectivity index (χ3n) is 3.18. The molecular weight excluding hydrogens is 316 g/mol. The summed E-state index contributed by atoms with van der Waals surface area (Å²) in [5, 5.41) is 11.4. The van der Waals surface area contributed by atoms with E-state index in [4.69, 9.17) is 4.84 Å². The SMILES string of the molecule is O=C(NOCc1ccccc1)c1cc2cc([N+](=O)[O-])ccc2s1. The van der Waals surface area contributed by atoms with Gasteiger partial charge in [0.2, 0.25) is 0 Å². The minimum Gasteiger partial charge on any atom is -0.269 e. The van der Waals surface area contributed by atoms with Crippen molar-refractivity contribution < 1.29 is 14.6 Å². The monoisotopic (exact) mass is 328 g/mol. The predicted octanol–water partition coefficient (Wildman–Crippen LogP) is 3.67. The van der Waals surface area contributed by atoms with E-state index >= 15 is 0 Å². The Morgan fingerprint density at radius 1 is 1.17 bits per heavy atom. The first-order chi connectivity index (χ1) is 11.1. The lowest BCUT2D eigenvalue weighted by atomic mass is 10.2. The first kappa shape index (κ1) is 15.1. The molecule has 0 atom stereocenters. The Morgan fingerprint density at radius 2 is 1.96 bits per heavy atom.